The summed E-state index contributed by atoms with van der Waals surface area (Å²) in [4.78, 5) is 23.3. The Hall–Kier alpha value is -4.50. The van der Waals surface area contributed by atoms with E-state index in [1.54, 1.807) is 6.07 Å². The Balaban J connectivity index is 1.53. The first-order chi connectivity index (χ1) is 24.0. The van der Waals surface area contributed by atoms with Crippen LogP contribution < -0.4 is 21.3 Å². The van der Waals surface area contributed by atoms with E-state index in [0.717, 1.165) is 59.8 Å². The van der Waals surface area contributed by atoms with Gasteiger partial charge in [0.1, 0.15) is 0 Å². The van der Waals surface area contributed by atoms with Gasteiger partial charge in [-0.05, 0) is 61.2 Å². The summed E-state index contributed by atoms with van der Waals surface area (Å²) < 4.78 is 22.0. The summed E-state index contributed by atoms with van der Waals surface area (Å²) in [7, 11) is 0. The Morgan fingerprint density at radius 2 is 1.45 bits per heavy atom. The van der Waals surface area contributed by atoms with Crippen LogP contribution >= 0.6 is 0 Å². The van der Waals surface area contributed by atoms with Crippen LogP contribution in [0, 0.1) is 11.8 Å². The molecule has 3 rings (SSSR count). The SMILES string of the molecule is CCCOCCOCCOCCOCCNCc1ccc(N/C(=C(\C)c2ccc(C#CC(=O)NCC)cc2NC=O)c2ccccc2)cc1. The van der Waals surface area contributed by atoms with Crippen LogP contribution in [0.3, 0.4) is 0 Å². The van der Waals surface area contributed by atoms with E-state index in [1.807, 2.05) is 68.4 Å². The van der Waals surface area contributed by atoms with Gasteiger partial charge in [-0.2, -0.15) is 0 Å². The fraction of sp³-hybridized carbons (Fsp3) is 0.385. The van der Waals surface area contributed by atoms with Crippen molar-refractivity contribution in [1.82, 2.24) is 10.6 Å². The Morgan fingerprint density at radius 1 is 0.796 bits per heavy atom. The molecule has 0 spiro atoms. The molecule has 10 nitrogen and oxygen atoms in total. The third-order valence-electron chi connectivity index (χ3n) is 7.17. The Bertz CT molecular complexity index is 1500. The van der Waals surface area contributed by atoms with Crippen molar-refractivity contribution in [3.05, 3.63) is 95.1 Å². The summed E-state index contributed by atoms with van der Waals surface area (Å²) in [6, 6.07) is 23.8. The highest BCUT2D eigenvalue weighted by Crippen LogP contribution is 2.32. The predicted octanol–water partition coefficient (Wildman–Crippen LogP) is 5.31. The Labute approximate surface area is 290 Å². The molecule has 0 radical (unpaired) electrons. The number of hydrogen-bond donors (Lipinski definition) is 4. The van der Waals surface area contributed by atoms with Crippen molar-refractivity contribution < 1.29 is 28.5 Å². The fourth-order valence-electron chi connectivity index (χ4n) is 4.72. The summed E-state index contributed by atoms with van der Waals surface area (Å²) >= 11 is 0. The highest BCUT2D eigenvalue weighted by Gasteiger charge is 2.13. The van der Waals surface area contributed by atoms with E-state index < -0.39 is 0 Å². The molecule has 3 aromatic rings. The van der Waals surface area contributed by atoms with E-state index in [9.17, 15) is 9.59 Å². The number of carbonyl (C=O) groups excluding carboxylic acids is 2. The fourth-order valence-corrected chi connectivity index (χ4v) is 4.72. The maximum atomic E-state index is 11.8. The molecule has 0 aromatic heterocycles. The molecule has 0 saturated heterocycles. The van der Waals surface area contributed by atoms with Crippen LogP contribution in [0.4, 0.5) is 11.4 Å². The van der Waals surface area contributed by atoms with Gasteiger partial charge < -0.3 is 40.2 Å². The van der Waals surface area contributed by atoms with Gasteiger partial charge in [-0.1, -0.05) is 61.4 Å². The van der Waals surface area contributed by atoms with Crippen LogP contribution in [-0.4, -0.2) is 78.3 Å². The van der Waals surface area contributed by atoms with Crippen molar-refractivity contribution in [2.24, 2.45) is 0 Å². The molecule has 0 saturated carbocycles. The molecule has 49 heavy (non-hydrogen) atoms. The van der Waals surface area contributed by atoms with Gasteiger partial charge in [-0.3, -0.25) is 9.59 Å². The molecule has 262 valence electrons. The highest BCUT2D eigenvalue weighted by atomic mass is 16.6. The predicted molar refractivity (Wildman–Crippen MR) is 196 cm³/mol. The zero-order valence-corrected chi connectivity index (χ0v) is 28.9. The summed E-state index contributed by atoms with van der Waals surface area (Å²) in [5.41, 5.74) is 6.93. The van der Waals surface area contributed by atoms with Crippen LogP contribution in [0.2, 0.25) is 0 Å². The van der Waals surface area contributed by atoms with Crippen molar-refractivity contribution in [2.45, 2.75) is 33.7 Å². The molecule has 4 N–H and O–H groups in total. The lowest BCUT2D eigenvalue weighted by Crippen LogP contribution is -2.20. The van der Waals surface area contributed by atoms with Gasteiger partial charge in [-0.15, -0.1) is 0 Å². The zero-order chi connectivity index (χ0) is 34.9. The van der Waals surface area contributed by atoms with E-state index in [4.69, 9.17) is 18.9 Å². The van der Waals surface area contributed by atoms with E-state index in [-0.39, 0.29) is 5.91 Å². The molecule has 0 aliphatic rings. The maximum absolute atomic E-state index is 11.8. The minimum Gasteiger partial charge on any atom is -0.379 e. The molecule has 0 unspecified atom stereocenters. The monoisotopic (exact) mass is 670 g/mol. The normalized spacial score (nSPS) is 11.2. The molecular formula is C39H50N4O6. The zero-order valence-electron chi connectivity index (χ0n) is 28.9. The van der Waals surface area contributed by atoms with Crippen molar-refractivity contribution in [1.29, 1.82) is 0 Å². The molecule has 2 amide bonds. The number of hydrogen-bond acceptors (Lipinski definition) is 8. The van der Waals surface area contributed by atoms with Crippen LogP contribution in [0.25, 0.3) is 11.3 Å². The Kier molecular flexibility index (Phi) is 18.9. The van der Waals surface area contributed by atoms with Crippen LogP contribution in [0.15, 0.2) is 72.8 Å². The van der Waals surface area contributed by atoms with E-state index in [0.29, 0.717) is 70.5 Å². The van der Waals surface area contributed by atoms with Crippen molar-refractivity contribution in [3.8, 4) is 11.8 Å². The lowest BCUT2D eigenvalue weighted by atomic mass is 9.97. The van der Waals surface area contributed by atoms with Crippen molar-refractivity contribution >= 4 is 35.0 Å². The quantitative estimate of drug-likeness (QED) is 0.0464. The van der Waals surface area contributed by atoms with E-state index >= 15 is 0 Å². The van der Waals surface area contributed by atoms with Gasteiger partial charge in [0.2, 0.25) is 6.41 Å². The second-order valence-corrected chi connectivity index (χ2v) is 10.9. The molecule has 0 bridgehead atoms. The number of amides is 2. The van der Waals surface area contributed by atoms with Gasteiger partial charge in [0.05, 0.1) is 46.2 Å². The summed E-state index contributed by atoms with van der Waals surface area (Å²) in [6.45, 7) is 12.6. The summed E-state index contributed by atoms with van der Waals surface area (Å²) in [5.74, 6) is 5.10. The minimum absolute atomic E-state index is 0.349. The standard InChI is InChI=1S/C39H50N4O6/c1-4-20-46-22-24-48-26-27-49-25-23-47-21-19-40-29-33-11-15-35(16-12-33)43-39(34-9-7-6-8-10-34)31(3)36-17-13-32(28-37(36)42-30-44)14-18-38(45)41-5-2/h6-13,15-17,28,30,40,43H,4-5,19-27,29H2,1-3H3,(H,41,45)(H,42,44)/b39-31+. The van der Waals surface area contributed by atoms with Crippen molar-refractivity contribution in [3.63, 3.8) is 0 Å². The number of anilines is 2. The van der Waals surface area contributed by atoms with E-state index in [1.165, 1.54) is 0 Å². The largest absolute Gasteiger partial charge is 0.379 e. The second-order valence-electron chi connectivity index (χ2n) is 10.9. The number of ether oxygens (including phenoxy) is 4. The van der Waals surface area contributed by atoms with Crippen LogP contribution in [0.5, 0.6) is 0 Å². The molecular weight excluding hydrogens is 620 g/mol. The molecule has 3 aromatic carbocycles. The first-order valence-electron chi connectivity index (χ1n) is 16.8. The van der Waals surface area contributed by atoms with Gasteiger partial charge >= 0.3 is 0 Å². The van der Waals surface area contributed by atoms with Crippen LogP contribution in [-0.2, 0) is 35.1 Å². The average molecular weight is 671 g/mol. The van der Waals surface area contributed by atoms with Crippen molar-refractivity contribution in [2.75, 3.05) is 76.6 Å². The topological polar surface area (TPSA) is 119 Å². The molecule has 0 aliphatic carbocycles. The summed E-state index contributed by atoms with van der Waals surface area (Å²) in [6.07, 6.45) is 1.66. The third kappa shape index (κ3) is 15.1. The van der Waals surface area contributed by atoms with Crippen LogP contribution in [0.1, 0.15) is 49.4 Å². The number of rotatable bonds is 23. The van der Waals surface area contributed by atoms with E-state index in [2.05, 4.69) is 52.2 Å². The van der Waals surface area contributed by atoms with Gasteiger partial charge in [0.15, 0.2) is 0 Å². The van der Waals surface area contributed by atoms with Gasteiger partial charge in [0.25, 0.3) is 5.91 Å². The first-order valence-corrected chi connectivity index (χ1v) is 16.8. The third-order valence-corrected chi connectivity index (χ3v) is 7.17. The molecule has 0 fully saturated rings. The maximum Gasteiger partial charge on any atom is 0.296 e. The molecule has 0 aliphatic heterocycles. The number of allylic oxidation sites excluding steroid dienone is 1. The molecule has 0 atom stereocenters. The number of nitrogens with one attached hydrogen (secondary N) is 4. The Morgan fingerprint density at radius 3 is 2.08 bits per heavy atom. The molecule has 10 heteroatoms. The molecule has 0 heterocycles. The minimum atomic E-state index is -0.349. The second kappa shape index (κ2) is 23.8. The summed E-state index contributed by atoms with van der Waals surface area (Å²) in [5, 5.41) is 12.5. The first kappa shape index (κ1) is 38.9. The average Bonchev–Trinajstić information content (AvgIpc) is 3.12. The number of benzene rings is 3. The van der Waals surface area contributed by atoms with Gasteiger partial charge in [-0.25, -0.2) is 0 Å². The van der Waals surface area contributed by atoms with Gasteiger partial charge in [0, 0.05) is 60.4 Å². The lowest BCUT2D eigenvalue weighted by Gasteiger charge is -2.18. The highest BCUT2D eigenvalue weighted by molar-refractivity contribution is 5.99. The smallest absolute Gasteiger partial charge is 0.296 e. The lowest BCUT2D eigenvalue weighted by molar-refractivity contribution is -0.115. The number of carbonyl (C=O) groups is 2.